The molecule has 0 spiro atoms. The summed E-state index contributed by atoms with van der Waals surface area (Å²) in [7, 11) is 0. The molecule has 0 unspecified atom stereocenters. The lowest BCUT2D eigenvalue weighted by Crippen LogP contribution is -2.30. The Labute approximate surface area is 259 Å². The zero-order valence-electron chi connectivity index (χ0n) is 25.3. The molecule has 0 bridgehead atoms. The van der Waals surface area contributed by atoms with Crippen LogP contribution in [-0.4, -0.2) is 34.2 Å². The first-order valence-electron chi connectivity index (χ1n) is 15.4. The van der Waals surface area contributed by atoms with Crippen LogP contribution >= 0.6 is 11.3 Å². The molecule has 5 rings (SSSR count). The fraction of sp³-hybridized carbons (Fsp3) is 0.361. The van der Waals surface area contributed by atoms with E-state index < -0.39 is 5.97 Å². The number of aliphatic imine (C=N–C) groups is 1. The summed E-state index contributed by atoms with van der Waals surface area (Å²) in [6.07, 6.45) is 5.80. The summed E-state index contributed by atoms with van der Waals surface area (Å²) in [4.78, 5) is 25.5. The van der Waals surface area contributed by atoms with Crippen LogP contribution in [0.1, 0.15) is 88.8 Å². The first-order chi connectivity index (χ1) is 21.0. The minimum atomic E-state index is -0.879. The topological polar surface area (TPSA) is 69.0 Å². The summed E-state index contributed by atoms with van der Waals surface area (Å²) in [6, 6.07) is 22.9. The van der Waals surface area contributed by atoms with Gasteiger partial charge < -0.3 is 10.0 Å². The summed E-state index contributed by atoms with van der Waals surface area (Å²) in [6.45, 7) is 12.2. The number of thiazole rings is 1. The molecule has 0 saturated carbocycles. The first kappa shape index (κ1) is 30.6. The lowest BCUT2D eigenvalue weighted by Gasteiger charge is -2.28. The van der Waals surface area contributed by atoms with Crippen LogP contribution in [-0.2, 0) is 32.6 Å². The second kappa shape index (κ2) is 14.6. The smallest absolute Gasteiger partial charge is 0.335 e. The molecule has 3 aromatic carbocycles. The van der Waals surface area contributed by atoms with E-state index >= 15 is 0 Å². The van der Waals surface area contributed by atoms with Gasteiger partial charge in [-0.05, 0) is 78.4 Å². The van der Waals surface area contributed by atoms with Crippen molar-refractivity contribution in [3.8, 4) is 0 Å². The van der Waals surface area contributed by atoms with Crippen molar-refractivity contribution in [2.45, 2.75) is 78.0 Å². The molecule has 6 nitrogen and oxygen atoms in total. The number of aromatic carboxylic acids is 1. The Morgan fingerprint density at radius 3 is 2.53 bits per heavy atom. The van der Waals surface area contributed by atoms with Crippen molar-refractivity contribution in [2.24, 2.45) is 4.99 Å². The van der Waals surface area contributed by atoms with E-state index in [-0.39, 0.29) is 0 Å². The van der Waals surface area contributed by atoms with Crippen molar-refractivity contribution < 1.29 is 9.90 Å². The van der Waals surface area contributed by atoms with Gasteiger partial charge in [-0.1, -0.05) is 69.2 Å². The van der Waals surface area contributed by atoms with E-state index in [4.69, 9.17) is 4.98 Å². The van der Waals surface area contributed by atoms with Gasteiger partial charge in [-0.3, -0.25) is 9.89 Å². The fourth-order valence-electron chi connectivity index (χ4n) is 6.15. The molecule has 0 saturated heterocycles. The molecule has 1 aromatic heterocycles. The molecule has 0 aliphatic carbocycles. The predicted molar refractivity (Wildman–Crippen MR) is 178 cm³/mol. The van der Waals surface area contributed by atoms with Crippen molar-refractivity contribution >= 4 is 35.4 Å². The Kier molecular flexibility index (Phi) is 10.4. The molecule has 43 heavy (non-hydrogen) atoms. The van der Waals surface area contributed by atoms with Crippen LogP contribution in [0.15, 0.2) is 77.1 Å². The van der Waals surface area contributed by atoms with Gasteiger partial charge in [0.15, 0.2) is 0 Å². The SMILES string of the molecule is C=Nc1ccccc1N(Cc1ccc(C(CCC)CCC)cc1)Cc1csc(CN2CCc3ccc(C(=O)O)cc3C2)n1. The highest BCUT2D eigenvalue weighted by Crippen LogP contribution is 2.32. The van der Waals surface area contributed by atoms with E-state index in [0.29, 0.717) is 18.0 Å². The Hall–Kier alpha value is -3.81. The quantitative estimate of drug-likeness (QED) is 0.148. The van der Waals surface area contributed by atoms with Crippen LogP contribution in [0.5, 0.6) is 0 Å². The molecule has 1 N–H and O–H groups in total. The van der Waals surface area contributed by atoms with Crippen molar-refractivity contribution in [1.82, 2.24) is 9.88 Å². The number of fused-ring (bicyclic) bond motifs is 1. The number of para-hydroxylation sites is 2. The monoisotopic (exact) mass is 594 g/mol. The third-order valence-corrected chi connectivity index (χ3v) is 9.23. The number of hydrogen-bond donors (Lipinski definition) is 1. The zero-order chi connectivity index (χ0) is 30.2. The number of benzene rings is 3. The third-order valence-electron chi connectivity index (χ3n) is 8.35. The van der Waals surface area contributed by atoms with Crippen LogP contribution in [0.3, 0.4) is 0 Å². The second-order valence-corrected chi connectivity index (χ2v) is 12.4. The molecule has 0 atom stereocenters. The Bertz CT molecular complexity index is 1520. The third kappa shape index (κ3) is 7.78. The summed E-state index contributed by atoms with van der Waals surface area (Å²) in [5.74, 6) is -0.248. The number of carboxylic acid groups (broad SMARTS) is 1. The average Bonchev–Trinajstić information content (AvgIpc) is 3.47. The maximum atomic E-state index is 11.5. The second-order valence-electron chi connectivity index (χ2n) is 11.5. The average molecular weight is 595 g/mol. The van der Waals surface area contributed by atoms with Gasteiger partial charge in [0, 0.05) is 25.0 Å². The van der Waals surface area contributed by atoms with Crippen molar-refractivity contribution in [3.63, 3.8) is 0 Å². The van der Waals surface area contributed by atoms with Crippen molar-refractivity contribution in [2.75, 3.05) is 11.4 Å². The van der Waals surface area contributed by atoms with Crippen molar-refractivity contribution in [1.29, 1.82) is 0 Å². The van der Waals surface area contributed by atoms with Gasteiger partial charge in [-0.25, -0.2) is 9.78 Å². The summed E-state index contributed by atoms with van der Waals surface area (Å²) in [5.41, 5.74) is 8.35. The number of rotatable bonds is 14. The Morgan fingerprint density at radius 2 is 1.81 bits per heavy atom. The van der Waals surface area contributed by atoms with E-state index in [2.05, 4.69) is 77.1 Å². The Morgan fingerprint density at radius 1 is 1.05 bits per heavy atom. The normalized spacial score (nSPS) is 13.2. The predicted octanol–water partition coefficient (Wildman–Crippen LogP) is 8.62. The zero-order valence-corrected chi connectivity index (χ0v) is 26.2. The van der Waals surface area contributed by atoms with E-state index in [0.717, 1.165) is 60.2 Å². The molecule has 7 heteroatoms. The molecule has 0 fully saturated rings. The molecular formula is C36H42N4O2S. The standard InChI is InChI=1S/C36H42N4O2S/c1-4-8-27(9-5-2)28-14-12-26(13-15-28)21-40(34-11-7-6-10-33(34)37-3)23-32-25-43-35(38-32)24-39-19-18-29-16-17-30(36(41)42)20-31(29)22-39/h6-7,10-17,20,25,27H,3-5,8-9,18-19,21-24H2,1-2H3,(H,41,42). The van der Waals surface area contributed by atoms with E-state index in [1.165, 1.54) is 42.4 Å². The van der Waals surface area contributed by atoms with Crippen LogP contribution < -0.4 is 4.90 Å². The van der Waals surface area contributed by atoms with Crippen LogP contribution in [0.2, 0.25) is 0 Å². The molecule has 1 aliphatic heterocycles. The maximum absolute atomic E-state index is 11.5. The molecule has 4 aromatic rings. The number of carboxylic acids is 1. The lowest BCUT2D eigenvalue weighted by atomic mass is 9.90. The minimum Gasteiger partial charge on any atom is -0.478 e. The van der Waals surface area contributed by atoms with Crippen LogP contribution in [0.25, 0.3) is 0 Å². The molecule has 224 valence electrons. The van der Waals surface area contributed by atoms with Gasteiger partial charge in [0.1, 0.15) is 5.01 Å². The highest BCUT2D eigenvalue weighted by atomic mass is 32.1. The van der Waals surface area contributed by atoms with E-state index in [1.54, 1.807) is 17.4 Å². The van der Waals surface area contributed by atoms with E-state index in [9.17, 15) is 9.90 Å². The number of hydrogen-bond acceptors (Lipinski definition) is 6. The van der Waals surface area contributed by atoms with E-state index in [1.807, 2.05) is 24.3 Å². The Balaban J connectivity index is 1.31. The lowest BCUT2D eigenvalue weighted by molar-refractivity contribution is 0.0696. The molecule has 0 radical (unpaired) electrons. The first-order valence-corrected chi connectivity index (χ1v) is 16.3. The number of carbonyl (C=O) groups is 1. The molecular weight excluding hydrogens is 552 g/mol. The molecule has 0 amide bonds. The van der Waals surface area contributed by atoms with Gasteiger partial charge in [0.25, 0.3) is 0 Å². The highest BCUT2D eigenvalue weighted by Gasteiger charge is 2.20. The van der Waals surface area contributed by atoms with Crippen molar-refractivity contribution in [3.05, 3.63) is 111 Å². The van der Waals surface area contributed by atoms with Gasteiger partial charge in [0.2, 0.25) is 0 Å². The summed E-state index contributed by atoms with van der Waals surface area (Å²) >= 11 is 1.69. The summed E-state index contributed by atoms with van der Waals surface area (Å²) < 4.78 is 0. The van der Waals surface area contributed by atoms with Gasteiger partial charge >= 0.3 is 5.97 Å². The van der Waals surface area contributed by atoms with Gasteiger partial charge in [-0.15, -0.1) is 11.3 Å². The van der Waals surface area contributed by atoms with Gasteiger partial charge in [-0.2, -0.15) is 0 Å². The fourth-order valence-corrected chi connectivity index (χ4v) is 6.97. The number of anilines is 1. The number of nitrogens with zero attached hydrogens (tertiary/aromatic N) is 4. The summed E-state index contributed by atoms with van der Waals surface area (Å²) in [5, 5.41) is 12.6. The van der Waals surface area contributed by atoms with Crippen LogP contribution in [0.4, 0.5) is 11.4 Å². The molecule has 1 aliphatic rings. The largest absolute Gasteiger partial charge is 0.478 e. The maximum Gasteiger partial charge on any atom is 0.335 e. The minimum absolute atomic E-state index is 0.350. The van der Waals surface area contributed by atoms with Crippen LogP contribution in [0, 0.1) is 0 Å². The highest BCUT2D eigenvalue weighted by molar-refractivity contribution is 7.09. The van der Waals surface area contributed by atoms with Gasteiger partial charge in [0.05, 0.1) is 35.7 Å². The number of aromatic nitrogens is 1. The molecule has 2 heterocycles.